The molecule has 0 aromatic heterocycles. The molecule has 1 N–H and O–H groups in total. The number of benzene rings is 1. The van der Waals surface area contributed by atoms with Crippen LogP contribution in [0.5, 0.6) is 0 Å². The fourth-order valence-electron chi connectivity index (χ4n) is 1.09. The Morgan fingerprint density at radius 3 is 2.73 bits per heavy atom. The van der Waals surface area contributed by atoms with Crippen molar-refractivity contribution in [1.82, 2.24) is 0 Å². The molecule has 0 radical (unpaired) electrons. The molecule has 0 aliphatic rings. The normalized spacial score (nSPS) is 8.73. The van der Waals surface area contributed by atoms with E-state index in [0.717, 1.165) is 18.7 Å². The van der Waals surface area contributed by atoms with E-state index < -0.39 is 0 Å². The second-order valence-corrected chi connectivity index (χ2v) is 2.92. The van der Waals surface area contributed by atoms with E-state index >= 15 is 0 Å². The van der Waals surface area contributed by atoms with Crippen LogP contribution >= 0.6 is 0 Å². The molecule has 0 saturated carbocycles. The number of nitriles is 1. The molecule has 0 amide bonds. The van der Waals surface area contributed by atoms with Crippen molar-refractivity contribution < 1.29 is 0 Å². The average molecular weight is 201 g/mol. The molecule has 1 aromatic rings. The standard InChI is InChI=1S/C10H11N5/c11-8-9-2-4-10(5-3-9)13-6-1-7-14-15-12/h2-5,13H,1,6-7H2. The van der Waals surface area contributed by atoms with Crippen LogP contribution in [0.25, 0.3) is 10.4 Å². The number of anilines is 1. The van der Waals surface area contributed by atoms with Gasteiger partial charge >= 0.3 is 0 Å². The molecule has 0 atom stereocenters. The maximum Gasteiger partial charge on any atom is 0.0991 e. The molecule has 15 heavy (non-hydrogen) atoms. The molecular formula is C10H11N5. The van der Waals surface area contributed by atoms with E-state index in [2.05, 4.69) is 21.4 Å². The summed E-state index contributed by atoms with van der Waals surface area (Å²) >= 11 is 0. The van der Waals surface area contributed by atoms with Gasteiger partial charge in [-0.05, 0) is 36.2 Å². The number of hydrogen-bond donors (Lipinski definition) is 1. The van der Waals surface area contributed by atoms with E-state index in [0.29, 0.717) is 12.1 Å². The monoisotopic (exact) mass is 201 g/mol. The van der Waals surface area contributed by atoms with Crippen LogP contribution in [0.1, 0.15) is 12.0 Å². The van der Waals surface area contributed by atoms with Crippen LogP contribution in [0, 0.1) is 11.3 Å². The highest BCUT2D eigenvalue weighted by molar-refractivity contribution is 5.46. The van der Waals surface area contributed by atoms with E-state index in [1.165, 1.54) is 0 Å². The Kier molecular flexibility index (Phi) is 4.58. The Morgan fingerprint density at radius 1 is 1.40 bits per heavy atom. The van der Waals surface area contributed by atoms with Gasteiger partial charge in [-0.2, -0.15) is 5.26 Å². The molecule has 0 saturated heterocycles. The number of rotatable bonds is 5. The number of nitrogens with one attached hydrogen (secondary N) is 1. The van der Waals surface area contributed by atoms with Crippen LogP contribution < -0.4 is 5.32 Å². The fraction of sp³-hybridized carbons (Fsp3) is 0.300. The highest BCUT2D eigenvalue weighted by Crippen LogP contribution is 2.08. The van der Waals surface area contributed by atoms with Gasteiger partial charge in [-0.3, -0.25) is 0 Å². The molecule has 76 valence electrons. The van der Waals surface area contributed by atoms with Gasteiger partial charge in [-0.25, -0.2) is 0 Å². The molecule has 0 unspecified atom stereocenters. The molecule has 1 rings (SSSR count). The summed E-state index contributed by atoms with van der Waals surface area (Å²) in [5.41, 5.74) is 9.66. The topological polar surface area (TPSA) is 84.6 Å². The molecule has 0 bridgehead atoms. The van der Waals surface area contributed by atoms with Gasteiger partial charge in [0.1, 0.15) is 0 Å². The maximum absolute atomic E-state index is 8.58. The summed E-state index contributed by atoms with van der Waals surface area (Å²) in [6.45, 7) is 1.25. The van der Waals surface area contributed by atoms with Crippen molar-refractivity contribution >= 4 is 5.69 Å². The maximum atomic E-state index is 8.58. The minimum absolute atomic E-state index is 0.500. The van der Waals surface area contributed by atoms with Crippen molar-refractivity contribution in [2.24, 2.45) is 5.11 Å². The highest BCUT2D eigenvalue weighted by atomic mass is 15.1. The third-order valence-electron chi connectivity index (χ3n) is 1.84. The van der Waals surface area contributed by atoms with Crippen LogP contribution in [0.4, 0.5) is 5.69 Å². The first-order valence-electron chi connectivity index (χ1n) is 4.61. The lowest BCUT2D eigenvalue weighted by molar-refractivity contribution is 0.867. The van der Waals surface area contributed by atoms with Crippen molar-refractivity contribution in [1.29, 1.82) is 5.26 Å². The molecule has 0 aliphatic heterocycles. The quantitative estimate of drug-likeness (QED) is 0.343. The SMILES string of the molecule is N#Cc1ccc(NCCCN=[N+]=[N-])cc1. The lowest BCUT2D eigenvalue weighted by Crippen LogP contribution is -2.02. The zero-order chi connectivity index (χ0) is 10.9. The highest BCUT2D eigenvalue weighted by Gasteiger charge is 1.92. The first-order chi connectivity index (χ1) is 7.36. The van der Waals surface area contributed by atoms with Gasteiger partial charge < -0.3 is 5.32 Å². The number of nitrogens with zero attached hydrogens (tertiary/aromatic N) is 4. The number of azide groups is 1. The summed E-state index contributed by atoms with van der Waals surface area (Å²) in [5, 5.41) is 15.2. The van der Waals surface area contributed by atoms with Crippen LogP contribution in [0.15, 0.2) is 29.4 Å². The third kappa shape index (κ3) is 4.03. The van der Waals surface area contributed by atoms with Gasteiger partial charge in [0.2, 0.25) is 0 Å². The van der Waals surface area contributed by atoms with Crippen molar-refractivity contribution in [2.45, 2.75) is 6.42 Å². The minimum Gasteiger partial charge on any atom is -0.385 e. The van der Waals surface area contributed by atoms with Crippen LogP contribution in [0.2, 0.25) is 0 Å². The Labute approximate surface area is 88.0 Å². The smallest absolute Gasteiger partial charge is 0.0991 e. The Balaban J connectivity index is 2.32. The molecule has 5 heteroatoms. The molecule has 0 spiro atoms. The number of hydrogen-bond acceptors (Lipinski definition) is 3. The molecule has 0 heterocycles. The van der Waals surface area contributed by atoms with Crippen molar-refractivity contribution in [3.05, 3.63) is 40.3 Å². The van der Waals surface area contributed by atoms with Crippen LogP contribution in [-0.4, -0.2) is 13.1 Å². The van der Waals surface area contributed by atoms with Crippen LogP contribution in [0.3, 0.4) is 0 Å². The predicted octanol–water partition coefficient (Wildman–Crippen LogP) is 2.67. The first kappa shape index (κ1) is 10.9. The summed E-state index contributed by atoms with van der Waals surface area (Å²) in [5.74, 6) is 0. The van der Waals surface area contributed by atoms with Gasteiger partial charge in [-0.15, -0.1) is 0 Å². The Morgan fingerprint density at radius 2 is 2.13 bits per heavy atom. The van der Waals surface area contributed by atoms with E-state index in [-0.39, 0.29) is 0 Å². The summed E-state index contributed by atoms with van der Waals surface area (Å²) in [4.78, 5) is 2.66. The zero-order valence-electron chi connectivity index (χ0n) is 8.22. The van der Waals surface area contributed by atoms with E-state index in [4.69, 9.17) is 10.8 Å². The Bertz CT molecular complexity index is 383. The lowest BCUT2D eigenvalue weighted by Gasteiger charge is -2.04. The van der Waals surface area contributed by atoms with Gasteiger partial charge in [0, 0.05) is 23.7 Å². The van der Waals surface area contributed by atoms with Crippen molar-refractivity contribution in [3.8, 4) is 6.07 Å². The summed E-state index contributed by atoms with van der Waals surface area (Å²) in [7, 11) is 0. The first-order valence-corrected chi connectivity index (χ1v) is 4.61. The molecule has 0 aliphatic carbocycles. The summed E-state index contributed by atoms with van der Waals surface area (Å²) < 4.78 is 0. The summed E-state index contributed by atoms with van der Waals surface area (Å²) in [6, 6.07) is 9.28. The summed E-state index contributed by atoms with van der Waals surface area (Å²) in [6.07, 6.45) is 0.796. The van der Waals surface area contributed by atoms with Gasteiger partial charge in [0.15, 0.2) is 0 Å². The molecule has 0 fully saturated rings. The fourth-order valence-corrected chi connectivity index (χ4v) is 1.09. The van der Waals surface area contributed by atoms with Gasteiger partial charge in [0.05, 0.1) is 11.6 Å². The predicted molar refractivity (Wildman–Crippen MR) is 58.3 cm³/mol. The van der Waals surface area contributed by atoms with Gasteiger partial charge in [-0.1, -0.05) is 5.11 Å². The van der Waals surface area contributed by atoms with E-state index in [1.807, 2.05) is 12.1 Å². The second-order valence-electron chi connectivity index (χ2n) is 2.92. The average Bonchev–Trinajstić information content (AvgIpc) is 2.30. The second kappa shape index (κ2) is 6.30. The largest absolute Gasteiger partial charge is 0.385 e. The van der Waals surface area contributed by atoms with Crippen molar-refractivity contribution in [3.63, 3.8) is 0 Å². The van der Waals surface area contributed by atoms with E-state index in [9.17, 15) is 0 Å². The Hall–Kier alpha value is -2.18. The van der Waals surface area contributed by atoms with Crippen LogP contribution in [-0.2, 0) is 0 Å². The molecule has 5 nitrogen and oxygen atoms in total. The lowest BCUT2D eigenvalue weighted by atomic mass is 10.2. The minimum atomic E-state index is 0.500. The molecule has 1 aromatic carbocycles. The third-order valence-corrected chi connectivity index (χ3v) is 1.84. The van der Waals surface area contributed by atoms with Crippen molar-refractivity contribution in [2.75, 3.05) is 18.4 Å². The molecular weight excluding hydrogens is 190 g/mol. The van der Waals surface area contributed by atoms with E-state index in [1.54, 1.807) is 12.1 Å². The van der Waals surface area contributed by atoms with Gasteiger partial charge in [0.25, 0.3) is 0 Å². The zero-order valence-corrected chi connectivity index (χ0v) is 8.22.